The van der Waals surface area contributed by atoms with Crippen LogP contribution in [-0.4, -0.2) is 40.9 Å². The van der Waals surface area contributed by atoms with Crippen LogP contribution in [0.2, 0.25) is 0 Å². The second-order valence-corrected chi connectivity index (χ2v) is 6.64. The molecule has 3 N–H and O–H groups in total. The van der Waals surface area contributed by atoms with Gasteiger partial charge in [0.15, 0.2) is 0 Å². The highest BCUT2D eigenvalue weighted by Crippen LogP contribution is 2.31. The second kappa shape index (κ2) is 6.25. The number of nitrogens with two attached hydrogens (primary N) is 1. The summed E-state index contributed by atoms with van der Waals surface area (Å²) in [5, 5.41) is 14.9. The van der Waals surface area contributed by atoms with Gasteiger partial charge in [0, 0.05) is 41.9 Å². The smallest absolute Gasteiger partial charge is 0.274 e. The van der Waals surface area contributed by atoms with Gasteiger partial charge in [0.25, 0.3) is 5.69 Å². The van der Waals surface area contributed by atoms with E-state index < -0.39 is 10.8 Å². The van der Waals surface area contributed by atoms with Gasteiger partial charge < -0.3 is 11.1 Å². The number of nitrogens with zero attached hydrogens (tertiary/aromatic N) is 2. The number of nitrogens with one attached hydrogen (secondary N) is 1. The monoisotopic (exact) mass is 318 g/mol. The van der Waals surface area contributed by atoms with Crippen LogP contribution >= 0.6 is 0 Å². The van der Waals surface area contributed by atoms with Gasteiger partial charge in [-0.2, -0.15) is 0 Å². The Morgan fingerprint density at radius 2 is 2.04 bits per heavy atom. The Morgan fingerprint density at radius 1 is 1.39 bits per heavy atom. The maximum Gasteiger partial charge on any atom is 0.274 e. The lowest BCUT2D eigenvalue weighted by Crippen LogP contribution is -2.46. The average Bonchev–Trinajstić information content (AvgIpc) is 2.85. The zero-order chi connectivity index (χ0) is 16.6. The minimum Gasteiger partial charge on any atom is -0.366 e. The molecule has 2 fully saturated rings. The Labute approximate surface area is 135 Å². The first-order valence-electron chi connectivity index (χ1n) is 7.97. The van der Waals surface area contributed by atoms with Crippen LogP contribution in [0.25, 0.3) is 0 Å². The Kier molecular flexibility index (Phi) is 4.32. The van der Waals surface area contributed by atoms with Crippen LogP contribution in [0.15, 0.2) is 18.2 Å². The number of primary amides is 1. The highest BCUT2D eigenvalue weighted by atomic mass is 16.6. The number of piperidine rings is 1. The Bertz CT molecular complexity index is 622. The van der Waals surface area contributed by atoms with Gasteiger partial charge in [-0.3, -0.25) is 19.8 Å². The molecule has 124 valence electrons. The summed E-state index contributed by atoms with van der Waals surface area (Å²) < 4.78 is 0. The summed E-state index contributed by atoms with van der Waals surface area (Å²) in [6.07, 6.45) is 4.62. The molecule has 0 saturated carbocycles. The van der Waals surface area contributed by atoms with Crippen molar-refractivity contribution < 1.29 is 9.72 Å². The first-order chi connectivity index (χ1) is 10.9. The van der Waals surface area contributed by atoms with Crippen LogP contribution < -0.4 is 11.1 Å². The molecule has 2 heterocycles. The van der Waals surface area contributed by atoms with Crippen molar-refractivity contribution in [2.75, 3.05) is 7.05 Å². The SMILES string of the molecule is CN(Cc1ccc(C(N)=O)cc1[N+](=O)[O-])C1CC2CCC(C1)N2. The molecule has 1 amide bonds. The molecule has 1 aromatic rings. The lowest BCUT2D eigenvalue weighted by Gasteiger charge is -2.35. The largest absolute Gasteiger partial charge is 0.366 e. The summed E-state index contributed by atoms with van der Waals surface area (Å²) >= 11 is 0. The molecule has 0 aromatic heterocycles. The van der Waals surface area contributed by atoms with Crippen molar-refractivity contribution in [3.8, 4) is 0 Å². The van der Waals surface area contributed by atoms with E-state index in [1.54, 1.807) is 12.1 Å². The van der Waals surface area contributed by atoms with Gasteiger partial charge in [-0.05, 0) is 38.8 Å². The number of hydrogen-bond donors (Lipinski definition) is 2. The first kappa shape index (κ1) is 15.9. The molecule has 2 bridgehead atoms. The van der Waals surface area contributed by atoms with Gasteiger partial charge >= 0.3 is 0 Å². The predicted molar refractivity (Wildman–Crippen MR) is 86.0 cm³/mol. The lowest BCUT2D eigenvalue weighted by atomic mass is 9.98. The third-order valence-corrected chi connectivity index (χ3v) is 5.06. The van der Waals surface area contributed by atoms with Crippen LogP contribution in [0.4, 0.5) is 5.69 Å². The summed E-state index contributed by atoms with van der Waals surface area (Å²) in [5.74, 6) is -0.650. The van der Waals surface area contributed by atoms with Gasteiger partial charge in [0.1, 0.15) is 0 Å². The number of carbonyl (C=O) groups excluding carboxylic acids is 1. The fourth-order valence-corrected chi connectivity index (χ4v) is 3.81. The molecule has 0 spiro atoms. The van der Waals surface area contributed by atoms with Crippen LogP contribution in [0.5, 0.6) is 0 Å². The molecular formula is C16H22N4O3. The fourth-order valence-electron chi connectivity index (χ4n) is 3.81. The summed E-state index contributed by atoms with van der Waals surface area (Å²) in [4.78, 5) is 24.3. The number of benzene rings is 1. The summed E-state index contributed by atoms with van der Waals surface area (Å²) in [7, 11) is 2.02. The molecule has 0 radical (unpaired) electrons. The molecule has 2 unspecified atom stereocenters. The van der Waals surface area contributed by atoms with Gasteiger partial charge in [-0.15, -0.1) is 0 Å². The Morgan fingerprint density at radius 3 is 2.61 bits per heavy atom. The number of carbonyl (C=O) groups is 1. The molecule has 0 aliphatic carbocycles. The zero-order valence-electron chi connectivity index (χ0n) is 13.2. The third kappa shape index (κ3) is 3.35. The molecule has 7 heteroatoms. The molecule has 23 heavy (non-hydrogen) atoms. The lowest BCUT2D eigenvalue weighted by molar-refractivity contribution is -0.385. The van der Waals surface area contributed by atoms with Crippen molar-refractivity contribution in [3.05, 3.63) is 39.4 Å². The molecule has 2 saturated heterocycles. The fraction of sp³-hybridized carbons (Fsp3) is 0.562. The van der Waals surface area contributed by atoms with Gasteiger partial charge in [-0.25, -0.2) is 0 Å². The Hall–Kier alpha value is -1.99. The number of amides is 1. The second-order valence-electron chi connectivity index (χ2n) is 6.64. The van der Waals surface area contributed by atoms with E-state index in [-0.39, 0.29) is 11.3 Å². The van der Waals surface area contributed by atoms with Crippen molar-refractivity contribution in [1.82, 2.24) is 10.2 Å². The molecule has 2 atom stereocenters. The van der Waals surface area contributed by atoms with Crippen molar-refractivity contribution in [2.24, 2.45) is 5.73 Å². The number of rotatable bonds is 5. The maximum absolute atomic E-state index is 11.3. The summed E-state index contributed by atoms with van der Waals surface area (Å²) in [6.45, 7) is 0.499. The Balaban J connectivity index is 1.76. The number of nitro benzene ring substituents is 1. The van der Waals surface area contributed by atoms with Crippen LogP contribution in [0.1, 0.15) is 41.6 Å². The molecule has 3 rings (SSSR count). The molecule has 1 aromatic carbocycles. The average molecular weight is 318 g/mol. The van der Waals surface area contributed by atoms with E-state index in [4.69, 9.17) is 5.73 Å². The molecule has 7 nitrogen and oxygen atoms in total. The maximum atomic E-state index is 11.3. The van der Waals surface area contributed by atoms with Crippen molar-refractivity contribution in [3.63, 3.8) is 0 Å². The van der Waals surface area contributed by atoms with Crippen molar-refractivity contribution >= 4 is 11.6 Å². The minimum atomic E-state index is -0.650. The van der Waals surface area contributed by atoms with E-state index in [2.05, 4.69) is 10.2 Å². The molecular weight excluding hydrogens is 296 g/mol. The van der Waals surface area contributed by atoms with E-state index in [0.29, 0.717) is 30.2 Å². The van der Waals surface area contributed by atoms with Gasteiger partial charge in [0.2, 0.25) is 5.91 Å². The number of nitro groups is 1. The van der Waals surface area contributed by atoms with E-state index in [9.17, 15) is 14.9 Å². The normalized spacial score (nSPS) is 26.4. The highest BCUT2D eigenvalue weighted by Gasteiger charge is 2.35. The summed E-state index contributed by atoms with van der Waals surface area (Å²) in [5.41, 5.74) is 5.96. The highest BCUT2D eigenvalue weighted by molar-refractivity contribution is 5.93. The van der Waals surface area contributed by atoms with Crippen LogP contribution in [0, 0.1) is 10.1 Å². The van der Waals surface area contributed by atoms with Crippen LogP contribution in [-0.2, 0) is 6.54 Å². The standard InChI is InChI=1S/C16H22N4O3/c1-19(14-7-12-4-5-13(8-14)18-12)9-11-3-2-10(16(17)21)6-15(11)20(22)23/h2-3,6,12-14,18H,4-5,7-9H2,1H3,(H2,17,21). The van der Waals surface area contributed by atoms with Crippen molar-refractivity contribution in [2.45, 2.75) is 50.4 Å². The third-order valence-electron chi connectivity index (χ3n) is 5.06. The number of fused-ring (bicyclic) bond motifs is 2. The topological polar surface area (TPSA) is 102 Å². The molecule has 2 aliphatic heterocycles. The summed E-state index contributed by atoms with van der Waals surface area (Å²) in [6, 6.07) is 6.07. The molecule has 2 aliphatic rings. The van der Waals surface area contributed by atoms with Crippen LogP contribution in [0.3, 0.4) is 0 Å². The zero-order valence-corrected chi connectivity index (χ0v) is 13.2. The van der Waals surface area contributed by atoms with Gasteiger partial charge in [-0.1, -0.05) is 6.07 Å². The van der Waals surface area contributed by atoms with E-state index >= 15 is 0 Å². The first-order valence-corrected chi connectivity index (χ1v) is 7.97. The van der Waals surface area contributed by atoms with E-state index in [1.807, 2.05) is 7.05 Å². The minimum absolute atomic E-state index is 0.0370. The van der Waals surface area contributed by atoms with E-state index in [0.717, 1.165) is 12.8 Å². The number of hydrogen-bond acceptors (Lipinski definition) is 5. The predicted octanol–water partition coefficient (Wildman–Crippen LogP) is 1.41. The van der Waals surface area contributed by atoms with Gasteiger partial charge in [0.05, 0.1) is 4.92 Å². The van der Waals surface area contributed by atoms with Crippen molar-refractivity contribution in [1.29, 1.82) is 0 Å². The quantitative estimate of drug-likeness (QED) is 0.631. The van der Waals surface area contributed by atoms with E-state index in [1.165, 1.54) is 18.9 Å².